The van der Waals surface area contributed by atoms with E-state index in [0.29, 0.717) is 0 Å². The minimum Gasteiger partial charge on any atom is -0.0808 e. The molecule has 1 heteroatoms. The van der Waals surface area contributed by atoms with Crippen molar-refractivity contribution < 1.29 is 0 Å². The van der Waals surface area contributed by atoms with E-state index >= 15 is 0 Å². The zero-order chi connectivity index (χ0) is 14.4. The van der Waals surface area contributed by atoms with Crippen LogP contribution in [-0.2, 0) is 0 Å². The summed E-state index contributed by atoms with van der Waals surface area (Å²) < 4.78 is 0. The van der Waals surface area contributed by atoms with Gasteiger partial charge in [0.25, 0.3) is 0 Å². The molecule has 0 aromatic heterocycles. The maximum atomic E-state index is 2.52. The predicted octanol–water partition coefficient (Wildman–Crippen LogP) is 5.06. The third kappa shape index (κ3) is 2.25. The minimum absolute atomic E-state index is 0.659. The zero-order valence-corrected chi connectivity index (χ0v) is 14.6. The highest BCUT2D eigenvalue weighted by Gasteiger charge is 2.47. The van der Waals surface area contributed by atoms with Crippen molar-refractivity contribution in [2.45, 2.75) is 45.2 Å². The number of allylic oxidation sites excluding steroid dienone is 8. The fourth-order valence-electron chi connectivity index (χ4n) is 5.70. The van der Waals surface area contributed by atoms with E-state index in [-0.39, 0.29) is 0 Å². The van der Waals surface area contributed by atoms with Gasteiger partial charge in [-0.25, -0.2) is 0 Å². The first-order valence-electron chi connectivity index (χ1n) is 9.00. The molecule has 0 heterocycles. The molecule has 0 amide bonds. The van der Waals surface area contributed by atoms with Gasteiger partial charge in [0.2, 0.25) is 0 Å². The third-order valence-corrected chi connectivity index (χ3v) is 8.34. The van der Waals surface area contributed by atoms with E-state index in [2.05, 4.69) is 49.6 Å². The monoisotopic (exact) mass is 296 g/mol. The van der Waals surface area contributed by atoms with Gasteiger partial charge in [0.15, 0.2) is 0 Å². The molecule has 2 saturated carbocycles. The van der Waals surface area contributed by atoms with E-state index in [4.69, 9.17) is 0 Å². The molecule has 112 valence electrons. The lowest BCUT2D eigenvalue weighted by molar-refractivity contribution is 0.189. The standard InChI is InChI=1S/C20H28Si/c1-21(2)20-12-6-11-18(20)17-10-5-9-16-15-8-4-3-7-14(15)13-19(16)17/h3-4,6-8,12,14-17,19,21H,5,9-11,13H2,1-2H3. The molecule has 0 aliphatic heterocycles. The van der Waals surface area contributed by atoms with Crippen LogP contribution in [0.25, 0.3) is 0 Å². The number of hydrogen-bond donors (Lipinski definition) is 0. The van der Waals surface area contributed by atoms with E-state index in [0.717, 1.165) is 29.6 Å². The summed E-state index contributed by atoms with van der Waals surface area (Å²) in [7, 11) is -0.659. The van der Waals surface area contributed by atoms with Crippen LogP contribution in [0.2, 0.25) is 13.1 Å². The van der Waals surface area contributed by atoms with Crippen molar-refractivity contribution in [3.63, 3.8) is 0 Å². The normalized spacial score (nSPS) is 41.0. The molecular formula is C20H28Si. The van der Waals surface area contributed by atoms with Gasteiger partial charge in [-0.05, 0) is 55.3 Å². The molecule has 5 atom stereocenters. The number of rotatable bonds is 2. The van der Waals surface area contributed by atoms with Gasteiger partial charge in [-0.3, -0.25) is 0 Å². The summed E-state index contributed by atoms with van der Waals surface area (Å²) in [6.07, 6.45) is 21.7. The Morgan fingerprint density at radius 1 is 1.05 bits per heavy atom. The largest absolute Gasteiger partial charge is 0.0808 e. The molecule has 0 spiro atoms. The van der Waals surface area contributed by atoms with Crippen LogP contribution < -0.4 is 0 Å². The summed E-state index contributed by atoms with van der Waals surface area (Å²) in [5.74, 6) is 4.56. The Morgan fingerprint density at radius 3 is 2.76 bits per heavy atom. The van der Waals surface area contributed by atoms with Gasteiger partial charge in [-0.15, -0.1) is 0 Å². The van der Waals surface area contributed by atoms with Gasteiger partial charge >= 0.3 is 0 Å². The summed E-state index contributed by atoms with van der Waals surface area (Å²) in [5, 5.41) is 1.81. The molecule has 0 nitrogen and oxygen atoms in total. The highest BCUT2D eigenvalue weighted by atomic mass is 28.3. The first-order chi connectivity index (χ1) is 10.3. The molecule has 0 bridgehead atoms. The Hall–Kier alpha value is -0.823. The molecule has 0 aromatic carbocycles. The second kappa shape index (κ2) is 5.42. The van der Waals surface area contributed by atoms with Crippen LogP contribution in [0.3, 0.4) is 0 Å². The van der Waals surface area contributed by atoms with Crippen molar-refractivity contribution in [3.05, 3.63) is 47.2 Å². The molecule has 0 radical (unpaired) electrons. The Morgan fingerprint density at radius 2 is 1.90 bits per heavy atom. The lowest BCUT2D eigenvalue weighted by Gasteiger charge is -2.37. The summed E-state index contributed by atoms with van der Waals surface area (Å²) >= 11 is 0. The van der Waals surface area contributed by atoms with Crippen molar-refractivity contribution in [2.24, 2.45) is 29.6 Å². The van der Waals surface area contributed by atoms with Crippen LogP contribution in [0.15, 0.2) is 47.2 Å². The van der Waals surface area contributed by atoms with Crippen molar-refractivity contribution in [3.8, 4) is 0 Å². The van der Waals surface area contributed by atoms with E-state index in [1.165, 1.54) is 32.1 Å². The Balaban J connectivity index is 1.64. The first-order valence-corrected chi connectivity index (χ1v) is 11.9. The van der Waals surface area contributed by atoms with Crippen LogP contribution in [0, 0.1) is 29.6 Å². The van der Waals surface area contributed by atoms with E-state index in [1.54, 1.807) is 0 Å². The van der Waals surface area contributed by atoms with E-state index in [9.17, 15) is 0 Å². The topological polar surface area (TPSA) is 0 Å². The quantitative estimate of drug-likeness (QED) is 0.625. The average molecular weight is 297 g/mol. The molecular weight excluding hydrogens is 268 g/mol. The van der Waals surface area contributed by atoms with Gasteiger partial charge in [0, 0.05) is 0 Å². The lowest BCUT2D eigenvalue weighted by Crippen LogP contribution is -2.29. The minimum atomic E-state index is -0.659. The zero-order valence-electron chi connectivity index (χ0n) is 13.5. The fourth-order valence-corrected chi connectivity index (χ4v) is 7.29. The van der Waals surface area contributed by atoms with Gasteiger partial charge in [-0.1, -0.05) is 66.7 Å². The van der Waals surface area contributed by atoms with Crippen LogP contribution in [0.5, 0.6) is 0 Å². The smallest absolute Gasteiger partial charge is 0.0646 e. The fraction of sp³-hybridized carbons (Fsp3) is 0.600. The number of hydrogen-bond acceptors (Lipinski definition) is 0. The van der Waals surface area contributed by atoms with Crippen LogP contribution in [0.4, 0.5) is 0 Å². The lowest BCUT2D eigenvalue weighted by atomic mass is 9.68. The summed E-state index contributed by atoms with van der Waals surface area (Å²) in [4.78, 5) is 0. The molecule has 21 heavy (non-hydrogen) atoms. The van der Waals surface area contributed by atoms with Crippen LogP contribution >= 0.6 is 0 Å². The second-order valence-electron chi connectivity index (χ2n) is 7.85. The van der Waals surface area contributed by atoms with Crippen molar-refractivity contribution in [2.75, 3.05) is 0 Å². The van der Waals surface area contributed by atoms with Gasteiger partial charge < -0.3 is 0 Å². The molecule has 4 rings (SSSR count). The van der Waals surface area contributed by atoms with Crippen molar-refractivity contribution in [1.29, 1.82) is 0 Å². The highest BCUT2D eigenvalue weighted by Crippen LogP contribution is 2.55. The van der Waals surface area contributed by atoms with Crippen LogP contribution in [0.1, 0.15) is 32.1 Å². The van der Waals surface area contributed by atoms with Crippen molar-refractivity contribution in [1.82, 2.24) is 0 Å². The molecule has 4 aliphatic rings. The summed E-state index contributed by atoms with van der Waals surface area (Å²) in [6.45, 7) is 5.01. The van der Waals surface area contributed by atoms with E-state index in [1.807, 2.05) is 10.8 Å². The molecule has 2 fully saturated rings. The average Bonchev–Trinajstić information content (AvgIpc) is 3.11. The van der Waals surface area contributed by atoms with Gasteiger partial charge in [-0.2, -0.15) is 0 Å². The first kappa shape index (κ1) is 13.8. The SMILES string of the molecule is C[SiH](C)C1=C(C2CCCC3C4C=CC=CC4CC23)CC=C1. The maximum absolute atomic E-state index is 2.52. The summed E-state index contributed by atoms with van der Waals surface area (Å²) in [6, 6.07) is 0. The van der Waals surface area contributed by atoms with Crippen LogP contribution in [-0.4, -0.2) is 8.80 Å². The highest BCUT2D eigenvalue weighted by molar-refractivity contribution is 6.65. The number of fused-ring (bicyclic) bond motifs is 3. The Kier molecular flexibility index (Phi) is 3.57. The third-order valence-electron chi connectivity index (χ3n) is 6.53. The second-order valence-corrected chi connectivity index (χ2v) is 10.8. The molecule has 0 aromatic rings. The van der Waals surface area contributed by atoms with Crippen molar-refractivity contribution >= 4 is 8.80 Å². The molecule has 0 saturated heterocycles. The Labute approximate surface area is 131 Å². The van der Waals surface area contributed by atoms with E-state index < -0.39 is 8.80 Å². The van der Waals surface area contributed by atoms with Gasteiger partial charge in [0.05, 0.1) is 8.80 Å². The maximum Gasteiger partial charge on any atom is 0.0646 e. The predicted molar refractivity (Wildman–Crippen MR) is 93.9 cm³/mol. The Bertz CT molecular complexity index is 534. The molecule has 4 aliphatic carbocycles. The van der Waals surface area contributed by atoms with Gasteiger partial charge in [0.1, 0.15) is 0 Å². The summed E-state index contributed by atoms with van der Waals surface area (Å²) in [5.41, 5.74) is 1.87. The molecule has 0 N–H and O–H groups in total. The molecule has 5 unspecified atom stereocenters.